The molecule has 2 aromatic heterocycles. The van der Waals surface area contributed by atoms with Crippen molar-refractivity contribution in [3.05, 3.63) is 78.9 Å². The van der Waals surface area contributed by atoms with Crippen molar-refractivity contribution in [2.75, 3.05) is 11.1 Å². The average molecular weight is 563 g/mol. The standard InChI is InChI=1S/C26H26N8O3S2/c1-3-18(2)31-39(36,37)21-15-13-19(14-16-21)27-24(35)17-38-26-30-29-25(33(26)20-9-5-4-6-10-20)34-23-12-8-7-11-22(23)28-32-34/h4-16,18,31H,3,17H2,1-2H3,(H,27,35). The predicted octanol–water partition coefficient (Wildman–Crippen LogP) is 3.81. The Bertz CT molecular complexity index is 1700. The Hall–Kier alpha value is -4.07. The second-order valence-electron chi connectivity index (χ2n) is 8.74. The minimum Gasteiger partial charge on any atom is -0.325 e. The first-order chi connectivity index (χ1) is 18.9. The summed E-state index contributed by atoms with van der Waals surface area (Å²) in [6.07, 6.45) is 0.681. The van der Waals surface area contributed by atoms with Gasteiger partial charge in [0.15, 0.2) is 5.16 Å². The van der Waals surface area contributed by atoms with Crippen LogP contribution < -0.4 is 10.0 Å². The van der Waals surface area contributed by atoms with E-state index in [1.165, 1.54) is 23.9 Å². The molecular weight excluding hydrogens is 536 g/mol. The Balaban J connectivity index is 1.33. The Morgan fingerprint density at radius 1 is 0.949 bits per heavy atom. The summed E-state index contributed by atoms with van der Waals surface area (Å²) in [6.45, 7) is 3.71. The molecule has 0 aliphatic rings. The first-order valence-electron chi connectivity index (χ1n) is 12.2. The molecule has 3 aromatic carbocycles. The van der Waals surface area contributed by atoms with Crippen LogP contribution in [0.1, 0.15) is 20.3 Å². The van der Waals surface area contributed by atoms with E-state index in [1.54, 1.807) is 23.7 Å². The Labute approximate surface area is 229 Å². The van der Waals surface area contributed by atoms with Gasteiger partial charge < -0.3 is 5.32 Å². The van der Waals surface area contributed by atoms with Crippen molar-refractivity contribution < 1.29 is 13.2 Å². The van der Waals surface area contributed by atoms with E-state index >= 15 is 0 Å². The summed E-state index contributed by atoms with van der Waals surface area (Å²) < 4.78 is 31.0. The predicted molar refractivity (Wildman–Crippen MR) is 150 cm³/mol. The quantitative estimate of drug-likeness (QED) is 0.245. The number of amides is 1. The first kappa shape index (κ1) is 26.5. The zero-order valence-electron chi connectivity index (χ0n) is 21.2. The molecule has 5 aromatic rings. The lowest BCUT2D eigenvalue weighted by Gasteiger charge is -2.12. The van der Waals surface area contributed by atoms with Gasteiger partial charge >= 0.3 is 0 Å². The van der Waals surface area contributed by atoms with Crippen molar-refractivity contribution in [1.82, 2.24) is 34.5 Å². The zero-order valence-corrected chi connectivity index (χ0v) is 22.9. The highest BCUT2D eigenvalue weighted by Gasteiger charge is 2.20. The van der Waals surface area contributed by atoms with Gasteiger partial charge in [0.1, 0.15) is 5.52 Å². The molecule has 1 amide bonds. The minimum absolute atomic E-state index is 0.0543. The molecule has 2 heterocycles. The SMILES string of the molecule is CCC(C)NS(=O)(=O)c1ccc(NC(=O)CSc2nnc(-n3nnc4ccccc43)n2-c2ccccc2)cc1. The molecule has 0 saturated carbocycles. The van der Waals surface area contributed by atoms with Crippen LogP contribution in [0.5, 0.6) is 0 Å². The lowest BCUT2D eigenvalue weighted by Crippen LogP contribution is -2.31. The summed E-state index contributed by atoms with van der Waals surface area (Å²) >= 11 is 1.22. The van der Waals surface area contributed by atoms with Gasteiger partial charge in [0.25, 0.3) is 5.95 Å². The number of fused-ring (bicyclic) bond motifs is 1. The number of sulfonamides is 1. The van der Waals surface area contributed by atoms with Gasteiger partial charge in [-0.15, -0.1) is 15.3 Å². The van der Waals surface area contributed by atoms with E-state index in [0.29, 0.717) is 23.2 Å². The number of carbonyl (C=O) groups excluding carboxylic acids is 1. The Morgan fingerprint density at radius 2 is 1.67 bits per heavy atom. The van der Waals surface area contributed by atoms with E-state index in [-0.39, 0.29) is 22.6 Å². The summed E-state index contributed by atoms with van der Waals surface area (Å²) in [6, 6.07) is 23.0. The normalized spacial score (nSPS) is 12.5. The van der Waals surface area contributed by atoms with Crippen molar-refractivity contribution in [2.45, 2.75) is 36.4 Å². The second kappa shape index (κ2) is 11.4. The van der Waals surface area contributed by atoms with Crippen LogP contribution in [0, 0.1) is 0 Å². The number of para-hydroxylation sites is 2. The van der Waals surface area contributed by atoms with E-state index < -0.39 is 10.0 Å². The summed E-state index contributed by atoms with van der Waals surface area (Å²) in [5.41, 5.74) is 2.80. The third-order valence-corrected chi connectivity index (χ3v) is 8.46. The molecule has 11 nitrogen and oxygen atoms in total. The number of benzene rings is 3. The van der Waals surface area contributed by atoms with Crippen molar-refractivity contribution in [3.63, 3.8) is 0 Å². The number of nitrogens with one attached hydrogen (secondary N) is 2. The first-order valence-corrected chi connectivity index (χ1v) is 14.7. The molecular formula is C26H26N8O3S2. The number of anilines is 1. The van der Waals surface area contributed by atoms with Gasteiger partial charge in [-0.05, 0) is 61.9 Å². The highest BCUT2D eigenvalue weighted by Crippen LogP contribution is 2.26. The van der Waals surface area contributed by atoms with Crippen molar-refractivity contribution in [2.24, 2.45) is 0 Å². The highest BCUT2D eigenvalue weighted by atomic mass is 32.2. The Kier molecular flexibility index (Phi) is 7.72. The topological polar surface area (TPSA) is 137 Å². The largest absolute Gasteiger partial charge is 0.325 e. The van der Waals surface area contributed by atoms with Gasteiger partial charge in [0, 0.05) is 11.7 Å². The van der Waals surface area contributed by atoms with Crippen molar-refractivity contribution >= 4 is 44.4 Å². The van der Waals surface area contributed by atoms with Crippen LogP contribution in [0.4, 0.5) is 5.69 Å². The number of aromatic nitrogens is 6. The molecule has 2 N–H and O–H groups in total. The molecule has 0 fully saturated rings. The van der Waals surface area contributed by atoms with Crippen LogP contribution >= 0.6 is 11.8 Å². The zero-order chi connectivity index (χ0) is 27.4. The van der Waals surface area contributed by atoms with Crippen LogP contribution in [-0.4, -0.2) is 55.9 Å². The number of hydrogen-bond donors (Lipinski definition) is 2. The third kappa shape index (κ3) is 5.85. The molecule has 13 heteroatoms. The van der Waals surface area contributed by atoms with Gasteiger partial charge in [-0.3, -0.25) is 9.36 Å². The van der Waals surface area contributed by atoms with E-state index in [1.807, 2.05) is 66.1 Å². The lowest BCUT2D eigenvalue weighted by molar-refractivity contribution is -0.113. The highest BCUT2D eigenvalue weighted by molar-refractivity contribution is 7.99. The molecule has 200 valence electrons. The van der Waals surface area contributed by atoms with Gasteiger partial charge in [-0.2, -0.15) is 4.68 Å². The molecule has 0 aliphatic carbocycles. The maximum atomic E-state index is 12.8. The monoisotopic (exact) mass is 562 g/mol. The van der Waals surface area contributed by atoms with E-state index in [9.17, 15) is 13.2 Å². The number of carbonyl (C=O) groups is 1. The number of thioether (sulfide) groups is 1. The summed E-state index contributed by atoms with van der Waals surface area (Å²) in [7, 11) is -3.62. The fraction of sp³-hybridized carbons (Fsp3) is 0.192. The fourth-order valence-corrected chi connectivity index (χ4v) is 5.85. The average Bonchev–Trinajstić information content (AvgIpc) is 3.56. The molecule has 0 aliphatic heterocycles. The molecule has 0 bridgehead atoms. The van der Waals surface area contributed by atoms with Crippen LogP contribution in [0.15, 0.2) is 88.9 Å². The van der Waals surface area contributed by atoms with E-state index in [0.717, 1.165) is 16.7 Å². The summed E-state index contributed by atoms with van der Waals surface area (Å²) in [5.74, 6) is 0.225. The minimum atomic E-state index is -3.62. The molecule has 0 spiro atoms. The summed E-state index contributed by atoms with van der Waals surface area (Å²) in [5, 5.41) is 20.5. The molecule has 5 rings (SSSR count). The smallest absolute Gasteiger partial charge is 0.259 e. The maximum absolute atomic E-state index is 12.8. The van der Waals surface area contributed by atoms with E-state index in [4.69, 9.17) is 0 Å². The van der Waals surface area contributed by atoms with Crippen molar-refractivity contribution in [1.29, 1.82) is 0 Å². The van der Waals surface area contributed by atoms with Gasteiger partial charge in [-0.1, -0.05) is 54.2 Å². The molecule has 0 saturated heterocycles. The third-order valence-electron chi connectivity index (χ3n) is 5.92. The second-order valence-corrected chi connectivity index (χ2v) is 11.4. The van der Waals surface area contributed by atoms with Gasteiger partial charge in [0.05, 0.1) is 21.9 Å². The maximum Gasteiger partial charge on any atom is 0.259 e. The number of hydrogen-bond acceptors (Lipinski definition) is 8. The van der Waals surface area contributed by atoms with Gasteiger partial charge in [0.2, 0.25) is 15.9 Å². The molecule has 39 heavy (non-hydrogen) atoms. The van der Waals surface area contributed by atoms with Crippen LogP contribution in [0.3, 0.4) is 0 Å². The number of rotatable bonds is 10. The van der Waals surface area contributed by atoms with E-state index in [2.05, 4.69) is 30.5 Å². The number of nitrogens with zero attached hydrogens (tertiary/aromatic N) is 6. The lowest BCUT2D eigenvalue weighted by atomic mass is 10.3. The summed E-state index contributed by atoms with van der Waals surface area (Å²) in [4.78, 5) is 12.9. The molecule has 1 unspecified atom stereocenters. The molecule has 0 radical (unpaired) electrons. The van der Waals surface area contributed by atoms with Crippen LogP contribution in [-0.2, 0) is 14.8 Å². The fourth-order valence-electron chi connectivity index (χ4n) is 3.77. The van der Waals surface area contributed by atoms with Crippen LogP contribution in [0.25, 0.3) is 22.7 Å². The Morgan fingerprint density at radius 3 is 2.41 bits per heavy atom. The van der Waals surface area contributed by atoms with Crippen LogP contribution in [0.2, 0.25) is 0 Å². The molecule has 1 atom stereocenters. The van der Waals surface area contributed by atoms with Gasteiger partial charge in [-0.25, -0.2) is 13.1 Å². The van der Waals surface area contributed by atoms with Crippen molar-refractivity contribution in [3.8, 4) is 11.6 Å².